The number of carbonyl (C=O) groups excluding carboxylic acids is 1. The molecule has 1 atom stereocenters. The maximum Gasteiger partial charge on any atom is 0.370 e. The van der Waals surface area contributed by atoms with Gasteiger partial charge in [0.15, 0.2) is 6.10 Å². The molecule has 0 fully saturated rings. The van der Waals surface area contributed by atoms with Gasteiger partial charge in [0.2, 0.25) is 0 Å². The van der Waals surface area contributed by atoms with E-state index in [1.165, 1.54) is 38.5 Å². The minimum absolute atomic E-state index is 0.455. The molecule has 4 heteroatoms. The largest absolute Gasteiger partial charge is 0.370 e. The molecule has 1 unspecified atom stereocenters. The second-order valence-electron chi connectivity index (χ2n) is 4.62. The van der Waals surface area contributed by atoms with Crippen molar-refractivity contribution in [3.63, 3.8) is 0 Å². The molecule has 0 saturated carbocycles. The first-order valence-corrected chi connectivity index (χ1v) is 7.23. The van der Waals surface area contributed by atoms with Crippen molar-refractivity contribution in [3.05, 3.63) is 0 Å². The second kappa shape index (κ2) is 12.8. The molecule has 0 heterocycles. The molecule has 0 amide bonds. The summed E-state index contributed by atoms with van der Waals surface area (Å²) >= 11 is 0. The molecule has 0 bridgehead atoms. The maximum absolute atomic E-state index is 11.1. The molecule has 0 aromatic heterocycles. The summed E-state index contributed by atoms with van der Waals surface area (Å²) in [4.78, 5) is 14.9. The number of unbranched alkanes of at least 4 members (excludes halogenated alkanes) is 7. The third kappa shape index (κ3) is 9.42. The number of hydrogen-bond acceptors (Lipinski definition) is 4. The van der Waals surface area contributed by atoms with Crippen molar-refractivity contribution < 1.29 is 19.7 Å². The fourth-order valence-corrected chi connectivity index (χ4v) is 1.99. The van der Waals surface area contributed by atoms with Crippen molar-refractivity contribution in [3.8, 4) is 0 Å². The van der Waals surface area contributed by atoms with Gasteiger partial charge in [0.25, 0.3) is 0 Å². The average Bonchev–Trinajstić information content (AvgIpc) is 2.39. The van der Waals surface area contributed by atoms with Crippen molar-refractivity contribution in [2.75, 3.05) is 6.61 Å². The minimum Gasteiger partial charge on any atom is -0.367 e. The zero-order chi connectivity index (χ0) is 13.6. The smallest absolute Gasteiger partial charge is 0.367 e. The lowest BCUT2D eigenvalue weighted by Crippen LogP contribution is -2.25. The van der Waals surface area contributed by atoms with Crippen molar-refractivity contribution >= 4 is 5.97 Å². The first kappa shape index (κ1) is 17.4. The lowest BCUT2D eigenvalue weighted by molar-refractivity contribution is -0.244. The van der Waals surface area contributed by atoms with E-state index < -0.39 is 12.1 Å². The molecular formula is C14H28O4. The van der Waals surface area contributed by atoms with E-state index in [1.54, 1.807) is 0 Å². The molecule has 0 aromatic rings. The number of hydrogen-bond donors (Lipinski definition) is 1. The van der Waals surface area contributed by atoms with Crippen LogP contribution in [0.3, 0.4) is 0 Å². The van der Waals surface area contributed by atoms with Gasteiger partial charge >= 0.3 is 5.97 Å². The fraction of sp³-hybridized carbons (Fsp3) is 0.929. The van der Waals surface area contributed by atoms with Gasteiger partial charge in [-0.05, 0) is 13.3 Å². The molecule has 0 aliphatic rings. The summed E-state index contributed by atoms with van der Waals surface area (Å²) in [5.41, 5.74) is 0. The van der Waals surface area contributed by atoms with Crippen LogP contribution in [-0.2, 0) is 14.4 Å². The molecule has 0 spiro atoms. The summed E-state index contributed by atoms with van der Waals surface area (Å²) in [7, 11) is 0. The van der Waals surface area contributed by atoms with Crippen LogP contribution in [0.2, 0.25) is 0 Å². The Kier molecular flexibility index (Phi) is 12.4. The van der Waals surface area contributed by atoms with Crippen LogP contribution in [0.25, 0.3) is 0 Å². The lowest BCUT2D eigenvalue weighted by Gasteiger charge is -2.12. The Balaban J connectivity index is 3.46. The van der Waals surface area contributed by atoms with E-state index in [9.17, 15) is 4.79 Å². The van der Waals surface area contributed by atoms with Crippen LogP contribution < -0.4 is 0 Å². The zero-order valence-electron chi connectivity index (χ0n) is 11.8. The van der Waals surface area contributed by atoms with Crippen LogP contribution in [-0.4, -0.2) is 23.9 Å². The van der Waals surface area contributed by atoms with Crippen LogP contribution in [0, 0.1) is 0 Å². The lowest BCUT2D eigenvalue weighted by atomic mass is 10.1. The fourth-order valence-electron chi connectivity index (χ4n) is 1.99. The van der Waals surface area contributed by atoms with E-state index in [-0.39, 0.29) is 0 Å². The standard InChI is InChI=1S/C14H28O4/c1-3-5-6-7-8-9-10-11-12-13(17-4-2)14(15)18-16/h13,16H,3-12H2,1-2H3. The summed E-state index contributed by atoms with van der Waals surface area (Å²) in [6.07, 6.45) is 9.77. The molecule has 0 aromatic carbocycles. The number of ether oxygens (including phenoxy) is 1. The van der Waals surface area contributed by atoms with Gasteiger partial charge in [-0.2, -0.15) is 5.26 Å². The van der Waals surface area contributed by atoms with Crippen molar-refractivity contribution in [1.29, 1.82) is 0 Å². The van der Waals surface area contributed by atoms with E-state index in [0.717, 1.165) is 12.8 Å². The summed E-state index contributed by atoms with van der Waals surface area (Å²) in [5, 5.41) is 8.33. The highest BCUT2D eigenvalue weighted by atomic mass is 17.1. The Bertz CT molecular complexity index is 194. The summed E-state index contributed by atoms with van der Waals surface area (Å²) < 4.78 is 5.22. The van der Waals surface area contributed by atoms with Gasteiger partial charge in [0.1, 0.15) is 0 Å². The monoisotopic (exact) mass is 260 g/mol. The molecule has 0 aliphatic heterocycles. The van der Waals surface area contributed by atoms with Crippen molar-refractivity contribution in [2.24, 2.45) is 0 Å². The highest BCUT2D eigenvalue weighted by molar-refractivity contribution is 5.73. The van der Waals surface area contributed by atoms with E-state index in [0.29, 0.717) is 13.0 Å². The predicted molar refractivity (Wildman–Crippen MR) is 71.4 cm³/mol. The quantitative estimate of drug-likeness (QED) is 0.328. The SMILES string of the molecule is CCCCCCCCCCC(OCC)C(=O)OO. The van der Waals surface area contributed by atoms with E-state index in [2.05, 4.69) is 11.8 Å². The maximum atomic E-state index is 11.1. The summed E-state index contributed by atoms with van der Waals surface area (Å²) in [6, 6.07) is 0. The molecule has 4 nitrogen and oxygen atoms in total. The molecular weight excluding hydrogens is 232 g/mol. The summed E-state index contributed by atoms with van der Waals surface area (Å²) in [6.45, 7) is 4.50. The van der Waals surface area contributed by atoms with E-state index >= 15 is 0 Å². The third-order valence-corrected chi connectivity index (χ3v) is 3.04. The minimum atomic E-state index is -0.681. The molecule has 0 radical (unpaired) electrons. The zero-order valence-corrected chi connectivity index (χ0v) is 11.8. The highest BCUT2D eigenvalue weighted by Crippen LogP contribution is 2.12. The highest BCUT2D eigenvalue weighted by Gasteiger charge is 2.19. The Labute approximate surface area is 111 Å². The normalized spacial score (nSPS) is 12.4. The van der Waals surface area contributed by atoms with E-state index in [1.807, 2.05) is 6.92 Å². The topological polar surface area (TPSA) is 55.8 Å². The van der Waals surface area contributed by atoms with Crippen LogP contribution in [0.1, 0.15) is 71.6 Å². The van der Waals surface area contributed by atoms with Gasteiger partial charge in [0, 0.05) is 6.61 Å². The van der Waals surface area contributed by atoms with Crippen molar-refractivity contribution in [2.45, 2.75) is 77.7 Å². The van der Waals surface area contributed by atoms with Crippen molar-refractivity contribution in [1.82, 2.24) is 0 Å². The predicted octanol–water partition coefficient (Wildman–Crippen LogP) is 3.94. The average molecular weight is 260 g/mol. The van der Waals surface area contributed by atoms with Gasteiger partial charge in [-0.25, -0.2) is 4.79 Å². The summed E-state index contributed by atoms with van der Waals surface area (Å²) in [5.74, 6) is -0.681. The Morgan fingerprint density at radius 3 is 2.06 bits per heavy atom. The van der Waals surface area contributed by atoms with E-state index in [4.69, 9.17) is 9.99 Å². The Morgan fingerprint density at radius 2 is 1.56 bits per heavy atom. The number of carbonyl (C=O) groups is 1. The molecule has 0 saturated heterocycles. The Morgan fingerprint density at radius 1 is 1.00 bits per heavy atom. The van der Waals surface area contributed by atoms with Gasteiger partial charge < -0.3 is 4.74 Å². The molecule has 0 aliphatic carbocycles. The molecule has 108 valence electrons. The molecule has 18 heavy (non-hydrogen) atoms. The van der Waals surface area contributed by atoms with Gasteiger partial charge in [-0.1, -0.05) is 58.3 Å². The van der Waals surface area contributed by atoms with Crippen LogP contribution >= 0.6 is 0 Å². The van der Waals surface area contributed by atoms with Gasteiger partial charge in [-0.3, -0.25) is 4.89 Å². The first-order chi connectivity index (χ1) is 8.76. The van der Waals surface area contributed by atoms with Gasteiger partial charge in [0.05, 0.1) is 0 Å². The van der Waals surface area contributed by atoms with Crippen LogP contribution in [0.4, 0.5) is 0 Å². The van der Waals surface area contributed by atoms with Gasteiger partial charge in [-0.15, -0.1) is 0 Å². The second-order valence-corrected chi connectivity index (χ2v) is 4.62. The first-order valence-electron chi connectivity index (χ1n) is 7.23. The molecule has 0 rings (SSSR count). The third-order valence-electron chi connectivity index (χ3n) is 3.04. The Hall–Kier alpha value is -0.610. The number of rotatable bonds is 12. The molecule has 1 N–H and O–H groups in total. The van der Waals surface area contributed by atoms with Crippen LogP contribution in [0.15, 0.2) is 0 Å². The van der Waals surface area contributed by atoms with Crippen LogP contribution in [0.5, 0.6) is 0 Å².